The first-order valence-electron chi connectivity index (χ1n) is 6.97. The summed E-state index contributed by atoms with van der Waals surface area (Å²) >= 11 is 0. The Kier molecular flexibility index (Phi) is 5.58. The van der Waals surface area contributed by atoms with Crippen molar-refractivity contribution in [3.05, 3.63) is 36.2 Å². The van der Waals surface area contributed by atoms with Crippen LogP contribution in [0.1, 0.15) is 30.1 Å². The van der Waals surface area contributed by atoms with Gasteiger partial charge in [-0.05, 0) is 41.1 Å². The maximum Gasteiger partial charge on any atom is 0.338 e. The molecule has 0 aliphatic carbocycles. The molecule has 0 fully saturated rings. The van der Waals surface area contributed by atoms with Crippen molar-refractivity contribution in [3.8, 4) is 0 Å². The van der Waals surface area contributed by atoms with E-state index in [-0.39, 0.29) is 18.4 Å². The highest BCUT2D eigenvalue weighted by Gasteiger charge is 2.08. The number of hydrogen-bond acceptors (Lipinski definition) is 6. The van der Waals surface area contributed by atoms with Crippen LogP contribution in [0.25, 0.3) is 0 Å². The average Bonchev–Trinajstić information content (AvgIpc) is 3.01. The number of nitrogens with zero attached hydrogens (tertiary/aromatic N) is 4. The van der Waals surface area contributed by atoms with Gasteiger partial charge in [-0.3, -0.25) is 4.79 Å². The second kappa shape index (κ2) is 7.87. The maximum absolute atomic E-state index is 11.8. The minimum Gasteiger partial charge on any atom is -0.462 e. The van der Waals surface area contributed by atoms with Gasteiger partial charge < -0.3 is 10.1 Å². The van der Waals surface area contributed by atoms with E-state index in [1.54, 1.807) is 24.3 Å². The number of anilines is 1. The summed E-state index contributed by atoms with van der Waals surface area (Å²) in [5.74, 6) is -0.620. The summed E-state index contributed by atoms with van der Waals surface area (Å²) in [7, 11) is 0. The molecule has 0 saturated carbocycles. The van der Waals surface area contributed by atoms with Crippen LogP contribution in [0.2, 0.25) is 0 Å². The normalized spacial score (nSPS) is 10.2. The van der Waals surface area contributed by atoms with E-state index in [2.05, 4.69) is 20.8 Å². The quantitative estimate of drug-likeness (QED) is 0.611. The second-order valence-electron chi connectivity index (χ2n) is 4.62. The number of esters is 1. The highest BCUT2D eigenvalue weighted by molar-refractivity contribution is 5.92. The third-order valence-corrected chi connectivity index (χ3v) is 2.83. The van der Waals surface area contributed by atoms with Crippen LogP contribution >= 0.6 is 0 Å². The van der Waals surface area contributed by atoms with Crippen LogP contribution in [0.3, 0.4) is 0 Å². The molecular weight excluding hydrogens is 286 g/mol. The average molecular weight is 303 g/mol. The van der Waals surface area contributed by atoms with Crippen LogP contribution in [-0.4, -0.2) is 38.7 Å². The van der Waals surface area contributed by atoms with E-state index in [4.69, 9.17) is 4.74 Å². The van der Waals surface area contributed by atoms with E-state index in [1.165, 1.54) is 11.0 Å². The molecule has 1 N–H and O–H groups in total. The van der Waals surface area contributed by atoms with Gasteiger partial charge in [-0.15, -0.1) is 5.10 Å². The summed E-state index contributed by atoms with van der Waals surface area (Å²) in [4.78, 5) is 23.5. The first-order valence-corrected chi connectivity index (χ1v) is 6.97. The van der Waals surface area contributed by atoms with E-state index < -0.39 is 0 Å². The van der Waals surface area contributed by atoms with Gasteiger partial charge in [0, 0.05) is 5.69 Å². The van der Waals surface area contributed by atoms with Gasteiger partial charge >= 0.3 is 5.97 Å². The fourth-order valence-electron chi connectivity index (χ4n) is 1.68. The first kappa shape index (κ1) is 15.6. The van der Waals surface area contributed by atoms with E-state index in [0.29, 0.717) is 17.9 Å². The largest absolute Gasteiger partial charge is 0.462 e. The minimum absolute atomic E-state index is 0.0216. The monoisotopic (exact) mass is 303 g/mol. The maximum atomic E-state index is 11.8. The summed E-state index contributed by atoms with van der Waals surface area (Å²) < 4.78 is 6.42. The van der Waals surface area contributed by atoms with Crippen molar-refractivity contribution >= 4 is 17.6 Å². The summed E-state index contributed by atoms with van der Waals surface area (Å²) in [6.07, 6.45) is 3.17. The van der Waals surface area contributed by atoms with Crippen LogP contribution in [0.4, 0.5) is 5.69 Å². The third kappa shape index (κ3) is 4.65. The molecular formula is C14H17N5O3. The molecule has 2 aromatic rings. The molecule has 0 aliphatic heterocycles. The molecule has 1 amide bonds. The molecule has 0 bridgehead atoms. The van der Waals surface area contributed by atoms with Crippen molar-refractivity contribution in [2.24, 2.45) is 0 Å². The van der Waals surface area contributed by atoms with Crippen LogP contribution in [0.5, 0.6) is 0 Å². The lowest BCUT2D eigenvalue weighted by Crippen LogP contribution is -2.19. The Morgan fingerprint density at radius 2 is 2.05 bits per heavy atom. The molecule has 0 radical (unpaired) electrons. The molecule has 0 unspecified atom stereocenters. The summed E-state index contributed by atoms with van der Waals surface area (Å²) in [5, 5.41) is 13.2. The molecule has 1 aromatic heterocycles. The SMILES string of the molecule is CCCCOC(=O)c1ccc(NC(=O)Cn2cnnn2)cc1. The van der Waals surface area contributed by atoms with E-state index in [9.17, 15) is 9.59 Å². The van der Waals surface area contributed by atoms with Crippen LogP contribution in [0, 0.1) is 0 Å². The van der Waals surface area contributed by atoms with Gasteiger partial charge in [0.25, 0.3) is 0 Å². The summed E-state index contributed by atoms with van der Waals surface area (Å²) in [5.41, 5.74) is 1.04. The Balaban J connectivity index is 1.86. The minimum atomic E-state index is -0.361. The number of nitrogens with one attached hydrogen (secondary N) is 1. The molecule has 22 heavy (non-hydrogen) atoms. The van der Waals surface area contributed by atoms with Gasteiger partial charge in [0.05, 0.1) is 12.2 Å². The molecule has 1 heterocycles. The van der Waals surface area contributed by atoms with E-state index >= 15 is 0 Å². The van der Waals surface area contributed by atoms with Crippen molar-refractivity contribution in [3.63, 3.8) is 0 Å². The zero-order valence-electron chi connectivity index (χ0n) is 12.2. The standard InChI is InChI=1S/C14H17N5O3/c1-2-3-8-22-14(21)11-4-6-12(7-5-11)16-13(20)9-19-10-15-17-18-19/h4-7,10H,2-3,8-9H2,1H3,(H,16,20). The lowest BCUT2D eigenvalue weighted by atomic mass is 10.2. The molecule has 0 spiro atoms. The van der Waals surface area contributed by atoms with Gasteiger partial charge in [-0.2, -0.15) is 0 Å². The van der Waals surface area contributed by atoms with Crippen LogP contribution < -0.4 is 5.32 Å². The Bertz CT molecular complexity index is 610. The van der Waals surface area contributed by atoms with Gasteiger partial charge in [-0.1, -0.05) is 13.3 Å². The molecule has 116 valence electrons. The fourth-order valence-corrected chi connectivity index (χ4v) is 1.68. The van der Waals surface area contributed by atoms with E-state index in [0.717, 1.165) is 12.8 Å². The number of carbonyl (C=O) groups is 2. The molecule has 0 saturated heterocycles. The summed E-state index contributed by atoms with van der Waals surface area (Å²) in [6.45, 7) is 2.47. The van der Waals surface area contributed by atoms with Gasteiger partial charge in [0.1, 0.15) is 12.9 Å². The number of unbranched alkanes of at least 4 members (excludes halogenated alkanes) is 1. The molecule has 1 aromatic carbocycles. The topological polar surface area (TPSA) is 99.0 Å². The van der Waals surface area contributed by atoms with E-state index in [1.807, 2.05) is 6.92 Å². The Hall–Kier alpha value is -2.77. The zero-order valence-corrected chi connectivity index (χ0v) is 12.2. The molecule has 8 nitrogen and oxygen atoms in total. The molecule has 0 atom stereocenters. The molecule has 8 heteroatoms. The number of amides is 1. The predicted molar refractivity (Wildman–Crippen MR) is 78.1 cm³/mol. The van der Waals surface area contributed by atoms with Gasteiger partial charge in [0.2, 0.25) is 5.91 Å². The third-order valence-electron chi connectivity index (χ3n) is 2.83. The lowest BCUT2D eigenvalue weighted by Gasteiger charge is -2.07. The van der Waals surface area contributed by atoms with Crippen LogP contribution in [0.15, 0.2) is 30.6 Å². The highest BCUT2D eigenvalue weighted by atomic mass is 16.5. The summed E-state index contributed by atoms with van der Waals surface area (Å²) in [6, 6.07) is 6.52. The van der Waals surface area contributed by atoms with Crippen LogP contribution in [-0.2, 0) is 16.1 Å². The van der Waals surface area contributed by atoms with Crippen molar-refractivity contribution in [2.75, 3.05) is 11.9 Å². The van der Waals surface area contributed by atoms with Crippen molar-refractivity contribution in [2.45, 2.75) is 26.3 Å². The number of ether oxygens (including phenoxy) is 1. The van der Waals surface area contributed by atoms with Crippen molar-refractivity contribution in [1.82, 2.24) is 20.2 Å². The fraction of sp³-hybridized carbons (Fsp3) is 0.357. The number of benzene rings is 1. The number of aromatic nitrogens is 4. The van der Waals surface area contributed by atoms with Gasteiger partial charge in [0.15, 0.2) is 0 Å². The second-order valence-corrected chi connectivity index (χ2v) is 4.62. The smallest absolute Gasteiger partial charge is 0.338 e. The Labute approximate surface area is 127 Å². The number of carbonyl (C=O) groups excluding carboxylic acids is 2. The highest BCUT2D eigenvalue weighted by Crippen LogP contribution is 2.11. The number of tetrazole rings is 1. The number of hydrogen-bond donors (Lipinski definition) is 1. The predicted octanol–water partition coefficient (Wildman–Crippen LogP) is 1.27. The van der Waals surface area contributed by atoms with Crippen molar-refractivity contribution in [1.29, 1.82) is 0 Å². The zero-order chi connectivity index (χ0) is 15.8. The molecule has 2 rings (SSSR count). The lowest BCUT2D eigenvalue weighted by molar-refractivity contribution is -0.116. The first-order chi connectivity index (χ1) is 10.7. The van der Waals surface area contributed by atoms with Crippen molar-refractivity contribution < 1.29 is 14.3 Å². The Morgan fingerprint density at radius 1 is 1.27 bits per heavy atom. The Morgan fingerprint density at radius 3 is 2.68 bits per heavy atom. The van der Waals surface area contributed by atoms with Gasteiger partial charge in [-0.25, -0.2) is 9.48 Å². The number of rotatable bonds is 7. The molecule has 0 aliphatic rings.